The minimum Gasteiger partial charge on any atom is -0.486 e. The maximum atomic E-state index is 10.2. The van der Waals surface area contributed by atoms with Crippen LogP contribution in [0.1, 0.15) is 11.1 Å². The largest absolute Gasteiger partial charge is 0.486 e. The molecule has 1 aromatic rings. The Morgan fingerprint density at radius 3 is 3.00 bits per heavy atom. The molecule has 90 valence electrons. The average molecular weight is 235 g/mol. The molecule has 0 unspecified atom stereocenters. The van der Waals surface area contributed by atoms with Crippen molar-refractivity contribution in [2.45, 2.75) is 13.2 Å². The van der Waals surface area contributed by atoms with Crippen molar-refractivity contribution < 1.29 is 19.0 Å². The van der Waals surface area contributed by atoms with Gasteiger partial charge in [-0.2, -0.15) is 0 Å². The highest BCUT2D eigenvalue weighted by atomic mass is 16.6. The molecule has 0 saturated heterocycles. The van der Waals surface area contributed by atoms with Gasteiger partial charge in [0, 0.05) is 12.7 Å². The van der Waals surface area contributed by atoms with Crippen molar-refractivity contribution in [2.24, 2.45) is 4.99 Å². The Hall–Kier alpha value is -1.84. The number of aliphatic imine (C=N–C) groups is 1. The SMILES string of the molecule is COCc1c(CN=C=O)ccc2c1OCCO2. The Morgan fingerprint density at radius 2 is 2.24 bits per heavy atom. The second-order valence-corrected chi connectivity index (χ2v) is 3.57. The summed E-state index contributed by atoms with van der Waals surface area (Å²) in [5.74, 6) is 1.40. The number of methoxy groups -OCH3 is 1. The van der Waals surface area contributed by atoms with E-state index >= 15 is 0 Å². The molecule has 0 radical (unpaired) electrons. The molecule has 1 aliphatic heterocycles. The van der Waals surface area contributed by atoms with Crippen molar-refractivity contribution in [1.82, 2.24) is 0 Å². The lowest BCUT2D eigenvalue weighted by atomic mass is 10.1. The van der Waals surface area contributed by atoms with Crippen molar-refractivity contribution in [2.75, 3.05) is 20.3 Å². The van der Waals surface area contributed by atoms with Crippen LogP contribution in [0.4, 0.5) is 0 Å². The minimum absolute atomic E-state index is 0.277. The van der Waals surface area contributed by atoms with Gasteiger partial charge in [-0.3, -0.25) is 0 Å². The smallest absolute Gasteiger partial charge is 0.235 e. The van der Waals surface area contributed by atoms with Crippen molar-refractivity contribution in [3.8, 4) is 11.5 Å². The average Bonchev–Trinajstić information content (AvgIpc) is 2.38. The molecule has 0 atom stereocenters. The zero-order chi connectivity index (χ0) is 12.1. The van der Waals surface area contributed by atoms with Crippen LogP contribution >= 0.6 is 0 Å². The molecule has 1 aromatic carbocycles. The number of benzene rings is 1. The van der Waals surface area contributed by atoms with Crippen molar-refractivity contribution in [1.29, 1.82) is 0 Å². The zero-order valence-electron chi connectivity index (χ0n) is 9.56. The summed E-state index contributed by atoms with van der Waals surface area (Å²) in [4.78, 5) is 13.7. The molecular formula is C12H13NO4. The van der Waals surface area contributed by atoms with E-state index in [9.17, 15) is 4.79 Å². The number of nitrogens with zero attached hydrogens (tertiary/aromatic N) is 1. The predicted molar refractivity (Wildman–Crippen MR) is 60.0 cm³/mol. The predicted octanol–water partition coefficient (Wildman–Crippen LogP) is 1.44. The molecule has 5 nitrogen and oxygen atoms in total. The Bertz CT molecular complexity index is 452. The fourth-order valence-corrected chi connectivity index (χ4v) is 1.78. The second-order valence-electron chi connectivity index (χ2n) is 3.57. The molecule has 17 heavy (non-hydrogen) atoms. The van der Waals surface area contributed by atoms with E-state index in [0.29, 0.717) is 31.3 Å². The summed E-state index contributed by atoms with van der Waals surface area (Å²) in [6.07, 6.45) is 1.53. The van der Waals surface area contributed by atoms with Gasteiger partial charge in [0.2, 0.25) is 6.08 Å². The molecule has 5 heteroatoms. The molecule has 0 N–H and O–H groups in total. The molecule has 0 saturated carbocycles. The summed E-state index contributed by atoms with van der Waals surface area (Å²) in [5.41, 5.74) is 1.77. The van der Waals surface area contributed by atoms with E-state index in [0.717, 1.165) is 11.1 Å². The minimum atomic E-state index is 0.277. The zero-order valence-corrected chi connectivity index (χ0v) is 9.56. The Balaban J connectivity index is 2.41. The summed E-state index contributed by atoms with van der Waals surface area (Å²) in [6.45, 7) is 1.74. The van der Waals surface area contributed by atoms with Crippen LogP contribution in [0.3, 0.4) is 0 Å². The van der Waals surface area contributed by atoms with Gasteiger partial charge in [-0.15, -0.1) is 0 Å². The third-order valence-corrected chi connectivity index (χ3v) is 2.51. The quantitative estimate of drug-likeness (QED) is 0.585. The number of isocyanates is 1. The lowest BCUT2D eigenvalue weighted by Crippen LogP contribution is -2.17. The first kappa shape index (κ1) is 11.6. The van der Waals surface area contributed by atoms with Crippen molar-refractivity contribution >= 4 is 6.08 Å². The van der Waals surface area contributed by atoms with E-state index in [1.54, 1.807) is 7.11 Å². The van der Waals surface area contributed by atoms with E-state index in [2.05, 4.69) is 4.99 Å². The van der Waals surface area contributed by atoms with Crippen LogP contribution in [0.15, 0.2) is 17.1 Å². The summed E-state index contributed by atoms with van der Waals surface area (Å²) < 4.78 is 16.2. The number of ether oxygens (including phenoxy) is 3. The van der Waals surface area contributed by atoms with E-state index in [1.807, 2.05) is 12.1 Å². The standard InChI is InChI=1S/C12H13NO4/c1-15-7-10-9(6-13-8-14)2-3-11-12(10)17-5-4-16-11/h2-3H,4-7H2,1H3. The second kappa shape index (κ2) is 5.48. The fourth-order valence-electron chi connectivity index (χ4n) is 1.78. The molecule has 1 aliphatic rings. The molecular weight excluding hydrogens is 222 g/mol. The van der Waals surface area contributed by atoms with Crippen LogP contribution in [0.2, 0.25) is 0 Å². The first-order valence-corrected chi connectivity index (χ1v) is 5.29. The third kappa shape index (κ3) is 2.46. The first-order valence-electron chi connectivity index (χ1n) is 5.29. The van der Waals surface area contributed by atoms with E-state index in [1.165, 1.54) is 6.08 Å². The van der Waals surface area contributed by atoms with Gasteiger partial charge in [0.15, 0.2) is 11.5 Å². The van der Waals surface area contributed by atoms with Crippen LogP contribution in [-0.2, 0) is 22.7 Å². The van der Waals surface area contributed by atoms with Gasteiger partial charge in [0.1, 0.15) is 13.2 Å². The highest BCUT2D eigenvalue weighted by Gasteiger charge is 2.18. The maximum absolute atomic E-state index is 10.2. The Morgan fingerprint density at radius 1 is 1.41 bits per heavy atom. The molecule has 0 fully saturated rings. The molecule has 0 aliphatic carbocycles. The Labute approximate surface area is 99.0 Å². The number of carbonyl (C=O) groups excluding carboxylic acids is 1. The molecule has 0 bridgehead atoms. The van der Waals surface area contributed by atoms with Gasteiger partial charge in [-0.05, 0) is 11.6 Å². The lowest BCUT2D eigenvalue weighted by molar-refractivity contribution is 0.152. The van der Waals surface area contributed by atoms with Crippen LogP contribution in [0, 0.1) is 0 Å². The van der Waals surface area contributed by atoms with Crippen LogP contribution < -0.4 is 9.47 Å². The van der Waals surface area contributed by atoms with Gasteiger partial charge in [0.25, 0.3) is 0 Å². The molecule has 0 aromatic heterocycles. The summed E-state index contributed by atoms with van der Waals surface area (Å²) in [6, 6.07) is 3.69. The summed E-state index contributed by atoms with van der Waals surface area (Å²) >= 11 is 0. The van der Waals surface area contributed by atoms with Crippen LogP contribution in [-0.4, -0.2) is 26.4 Å². The topological polar surface area (TPSA) is 57.1 Å². The van der Waals surface area contributed by atoms with Gasteiger partial charge in [-0.1, -0.05) is 6.07 Å². The van der Waals surface area contributed by atoms with Crippen molar-refractivity contribution in [3.05, 3.63) is 23.3 Å². The first-order chi connectivity index (χ1) is 8.36. The number of hydrogen-bond donors (Lipinski definition) is 0. The monoisotopic (exact) mass is 235 g/mol. The molecule has 0 spiro atoms. The highest BCUT2D eigenvalue weighted by molar-refractivity contribution is 5.51. The lowest BCUT2D eigenvalue weighted by Gasteiger charge is -2.22. The number of hydrogen-bond acceptors (Lipinski definition) is 5. The van der Waals surface area contributed by atoms with Gasteiger partial charge in [-0.25, -0.2) is 9.79 Å². The molecule has 0 amide bonds. The normalized spacial score (nSPS) is 13.0. The van der Waals surface area contributed by atoms with Crippen LogP contribution in [0.5, 0.6) is 11.5 Å². The molecule has 2 rings (SSSR count). The highest BCUT2D eigenvalue weighted by Crippen LogP contribution is 2.36. The van der Waals surface area contributed by atoms with E-state index in [4.69, 9.17) is 14.2 Å². The van der Waals surface area contributed by atoms with Gasteiger partial charge in [0.05, 0.1) is 13.2 Å². The van der Waals surface area contributed by atoms with Gasteiger partial charge >= 0.3 is 0 Å². The van der Waals surface area contributed by atoms with Crippen LogP contribution in [0.25, 0.3) is 0 Å². The number of fused-ring (bicyclic) bond motifs is 1. The van der Waals surface area contributed by atoms with E-state index < -0.39 is 0 Å². The van der Waals surface area contributed by atoms with Crippen molar-refractivity contribution in [3.63, 3.8) is 0 Å². The molecule has 1 heterocycles. The summed E-state index contributed by atoms with van der Waals surface area (Å²) in [5, 5.41) is 0. The summed E-state index contributed by atoms with van der Waals surface area (Å²) in [7, 11) is 1.61. The number of rotatable bonds is 4. The van der Waals surface area contributed by atoms with Gasteiger partial charge < -0.3 is 14.2 Å². The fraction of sp³-hybridized carbons (Fsp3) is 0.417. The maximum Gasteiger partial charge on any atom is 0.235 e. The van der Waals surface area contributed by atoms with E-state index in [-0.39, 0.29) is 6.54 Å². The Kier molecular flexibility index (Phi) is 3.75. The third-order valence-electron chi connectivity index (χ3n) is 2.51.